The van der Waals surface area contributed by atoms with Gasteiger partial charge in [0.2, 0.25) is 0 Å². The maximum Gasteiger partial charge on any atom is 0.102 e. The number of nitrogens with zero attached hydrogens (tertiary/aromatic N) is 3. The SMILES string of the molecule is CC.Cc1cccc(C(=N)c2cccc3nn(C)cc23)c1NC1=CC=C(N2CC3CC2CO3)NC1. The van der Waals surface area contributed by atoms with E-state index in [1.165, 1.54) is 5.82 Å². The lowest BCUT2D eigenvalue weighted by molar-refractivity contribution is 0.0417. The van der Waals surface area contributed by atoms with Crippen molar-refractivity contribution in [2.45, 2.75) is 39.3 Å². The lowest BCUT2D eigenvalue weighted by atomic mass is 9.96. The summed E-state index contributed by atoms with van der Waals surface area (Å²) in [5.74, 6) is 1.18. The standard InChI is InChI=1S/C26H28N6O.C2H6/c1-16-5-3-7-21(25(27)20-6-4-8-23-22(20)14-31(2)30-23)26(16)29-17-9-10-24(28-12-17)32-13-19-11-18(32)15-33-19;1-2/h3-10,14,18-19,27-29H,11-13,15H2,1-2H3;1-2H3. The number of benzene rings is 2. The summed E-state index contributed by atoms with van der Waals surface area (Å²) in [6.07, 6.45) is 7.81. The van der Waals surface area contributed by atoms with Crippen molar-refractivity contribution in [3.05, 3.63) is 83.0 Å². The summed E-state index contributed by atoms with van der Waals surface area (Å²) in [4.78, 5) is 2.44. The molecule has 3 N–H and O–H groups in total. The van der Waals surface area contributed by atoms with Gasteiger partial charge in [-0.05, 0) is 37.1 Å². The second kappa shape index (κ2) is 9.58. The van der Waals surface area contributed by atoms with Gasteiger partial charge in [0, 0.05) is 42.0 Å². The maximum atomic E-state index is 9.07. The molecule has 3 aromatic rings. The fourth-order valence-electron chi connectivity index (χ4n) is 5.19. The van der Waals surface area contributed by atoms with Crippen LogP contribution in [0.1, 0.15) is 37.0 Å². The molecule has 6 rings (SSSR count). The predicted molar refractivity (Wildman–Crippen MR) is 142 cm³/mol. The van der Waals surface area contributed by atoms with Gasteiger partial charge in [0.1, 0.15) is 5.82 Å². The zero-order valence-electron chi connectivity index (χ0n) is 20.9. The summed E-state index contributed by atoms with van der Waals surface area (Å²) in [5, 5.41) is 21.8. The number of likely N-dealkylation sites (tertiary alicyclic amines) is 1. The first-order valence-corrected chi connectivity index (χ1v) is 12.5. The van der Waals surface area contributed by atoms with Crippen LogP contribution in [0, 0.1) is 12.3 Å². The number of dihydropyridines is 1. The van der Waals surface area contributed by atoms with Gasteiger partial charge in [-0.3, -0.25) is 10.1 Å². The Balaban J connectivity index is 0.00000124. The molecule has 2 bridgehead atoms. The number of hydrogen-bond donors (Lipinski definition) is 3. The summed E-state index contributed by atoms with van der Waals surface area (Å²) in [6.45, 7) is 8.61. The summed E-state index contributed by atoms with van der Waals surface area (Å²) in [5.41, 5.74) is 6.34. The fraction of sp³-hybridized carbons (Fsp3) is 0.357. The van der Waals surface area contributed by atoms with Gasteiger partial charge in [0.15, 0.2) is 0 Å². The minimum absolute atomic E-state index is 0.381. The number of para-hydroxylation sites is 1. The van der Waals surface area contributed by atoms with Crippen LogP contribution in [-0.4, -0.2) is 52.2 Å². The highest BCUT2D eigenvalue weighted by molar-refractivity contribution is 6.20. The van der Waals surface area contributed by atoms with Crippen molar-refractivity contribution < 1.29 is 4.74 Å². The van der Waals surface area contributed by atoms with Crippen LogP contribution in [0.5, 0.6) is 0 Å². The molecule has 0 spiro atoms. The third-order valence-corrected chi connectivity index (χ3v) is 6.87. The van der Waals surface area contributed by atoms with E-state index in [9.17, 15) is 0 Å². The first kappa shape index (κ1) is 23.2. The third-order valence-electron chi connectivity index (χ3n) is 6.87. The molecular formula is C28H34N6O. The zero-order chi connectivity index (χ0) is 24.5. The molecule has 35 heavy (non-hydrogen) atoms. The molecule has 2 aromatic carbocycles. The average molecular weight is 471 g/mol. The normalized spacial score (nSPS) is 20.6. The van der Waals surface area contributed by atoms with Crippen molar-refractivity contribution in [2.75, 3.05) is 25.0 Å². The Morgan fingerprint density at radius 2 is 1.94 bits per heavy atom. The lowest BCUT2D eigenvalue weighted by Gasteiger charge is -2.33. The Kier molecular flexibility index (Phi) is 6.34. The molecule has 0 aliphatic carbocycles. The van der Waals surface area contributed by atoms with Crippen LogP contribution in [0.4, 0.5) is 5.69 Å². The Morgan fingerprint density at radius 1 is 1.14 bits per heavy atom. The largest absolute Gasteiger partial charge is 0.374 e. The van der Waals surface area contributed by atoms with Crippen LogP contribution in [0.2, 0.25) is 0 Å². The number of aromatic nitrogens is 2. The molecule has 7 nitrogen and oxygen atoms in total. The van der Waals surface area contributed by atoms with Crippen molar-refractivity contribution >= 4 is 22.3 Å². The van der Waals surface area contributed by atoms with E-state index in [1.807, 2.05) is 57.4 Å². The van der Waals surface area contributed by atoms with Crippen LogP contribution >= 0.6 is 0 Å². The van der Waals surface area contributed by atoms with E-state index < -0.39 is 0 Å². The van der Waals surface area contributed by atoms with E-state index in [0.717, 1.165) is 65.1 Å². The van der Waals surface area contributed by atoms with Gasteiger partial charge in [-0.15, -0.1) is 0 Å². The van der Waals surface area contributed by atoms with Crippen molar-refractivity contribution in [1.29, 1.82) is 5.41 Å². The fourth-order valence-corrected chi connectivity index (χ4v) is 5.19. The number of morpholine rings is 1. The smallest absolute Gasteiger partial charge is 0.102 e. The Hall–Kier alpha value is -3.58. The first-order valence-electron chi connectivity index (χ1n) is 12.5. The first-order chi connectivity index (χ1) is 17.1. The molecule has 2 atom stereocenters. The van der Waals surface area contributed by atoms with Crippen molar-refractivity contribution in [3.63, 3.8) is 0 Å². The number of rotatable bonds is 5. The van der Waals surface area contributed by atoms with Crippen LogP contribution in [0.25, 0.3) is 10.9 Å². The highest BCUT2D eigenvalue weighted by atomic mass is 16.5. The van der Waals surface area contributed by atoms with Crippen LogP contribution in [-0.2, 0) is 11.8 Å². The second-order valence-corrected chi connectivity index (χ2v) is 9.13. The van der Waals surface area contributed by atoms with Crippen molar-refractivity contribution in [2.24, 2.45) is 7.05 Å². The summed E-state index contributed by atoms with van der Waals surface area (Å²) >= 11 is 0. The number of allylic oxidation sites excluding steroid dienone is 2. The molecule has 2 fully saturated rings. The molecule has 2 unspecified atom stereocenters. The number of hydrogen-bond acceptors (Lipinski definition) is 6. The molecule has 182 valence electrons. The van der Waals surface area contributed by atoms with E-state index >= 15 is 0 Å². The lowest BCUT2D eigenvalue weighted by Crippen LogP contribution is -2.42. The number of ether oxygens (including phenoxy) is 1. The highest BCUT2D eigenvalue weighted by Crippen LogP contribution is 2.32. The minimum atomic E-state index is 0.381. The molecule has 4 heterocycles. The van der Waals surface area contributed by atoms with Gasteiger partial charge in [0.05, 0.1) is 42.2 Å². The topological polar surface area (TPSA) is 78.2 Å². The predicted octanol–water partition coefficient (Wildman–Crippen LogP) is 4.54. The van der Waals surface area contributed by atoms with Gasteiger partial charge in [-0.25, -0.2) is 0 Å². The zero-order valence-corrected chi connectivity index (χ0v) is 20.9. The number of anilines is 1. The van der Waals surface area contributed by atoms with E-state index in [1.54, 1.807) is 4.68 Å². The second-order valence-electron chi connectivity index (χ2n) is 9.13. The molecule has 2 saturated heterocycles. The maximum absolute atomic E-state index is 9.07. The van der Waals surface area contributed by atoms with Crippen LogP contribution < -0.4 is 10.6 Å². The van der Waals surface area contributed by atoms with E-state index in [2.05, 4.69) is 45.8 Å². The number of nitrogens with one attached hydrogen (secondary N) is 3. The van der Waals surface area contributed by atoms with E-state index in [-0.39, 0.29) is 0 Å². The monoisotopic (exact) mass is 470 g/mol. The summed E-state index contributed by atoms with van der Waals surface area (Å²) in [6, 6.07) is 12.6. The molecule has 3 aliphatic heterocycles. The van der Waals surface area contributed by atoms with E-state index in [4.69, 9.17) is 10.1 Å². The summed E-state index contributed by atoms with van der Waals surface area (Å²) in [7, 11) is 1.91. The molecule has 3 aliphatic rings. The minimum Gasteiger partial charge on any atom is -0.374 e. The van der Waals surface area contributed by atoms with Crippen molar-refractivity contribution in [3.8, 4) is 0 Å². The average Bonchev–Trinajstić information content (AvgIpc) is 3.61. The molecule has 1 aromatic heterocycles. The van der Waals surface area contributed by atoms with Crippen LogP contribution in [0.15, 0.2) is 66.3 Å². The highest BCUT2D eigenvalue weighted by Gasteiger charge is 2.40. The number of aryl methyl sites for hydroxylation is 2. The molecule has 7 heteroatoms. The Morgan fingerprint density at radius 3 is 2.66 bits per heavy atom. The van der Waals surface area contributed by atoms with Gasteiger partial charge < -0.3 is 20.3 Å². The van der Waals surface area contributed by atoms with Gasteiger partial charge in [0.25, 0.3) is 0 Å². The van der Waals surface area contributed by atoms with Crippen LogP contribution in [0.3, 0.4) is 0 Å². The third kappa shape index (κ3) is 4.32. The van der Waals surface area contributed by atoms with E-state index in [0.29, 0.717) is 17.9 Å². The molecule has 0 saturated carbocycles. The molecule has 0 amide bonds. The van der Waals surface area contributed by atoms with Crippen molar-refractivity contribution in [1.82, 2.24) is 20.0 Å². The summed E-state index contributed by atoms with van der Waals surface area (Å²) < 4.78 is 7.54. The molecular weight excluding hydrogens is 436 g/mol. The van der Waals surface area contributed by atoms with Gasteiger partial charge in [-0.1, -0.05) is 44.2 Å². The molecule has 0 radical (unpaired) electrons. The van der Waals surface area contributed by atoms with Gasteiger partial charge in [-0.2, -0.15) is 5.10 Å². The Bertz CT molecular complexity index is 1320. The quantitative estimate of drug-likeness (QED) is 0.477. The number of fused-ring (bicyclic) bond motifs is 3. The van der Waals surface area contributed by atoms with Gasteiger partial charge >= 0.3 is 0 Å². The Labute approximate surface area is 207 Å².